The van der Waals surface area contributed by atoms with Gasteiger partial charge < -0.3 is 9.16 Å². The number of carbonyl (C=O) groups excluding carboxylic acids is 2. The maximum Gasteiger partial charge on any atom is 0.417 e. The molecule has 2 amide bonds. The summed E-state index contributed by atoms with van der Waals surface area (Å²) in [4.78, 5) is 26.2. The van der Waals surface area contributed by atoms with Crippen LogP contribution < -0.4 is 0 Å². The van der Waals surface area contributed by atoms with Crippen molar-refractivity contribution in [2.24, 2.45) is 5.92 Å². The Morgan fingerprint density at radius 2 is 2.04 bits per heavy atom. The van der Waals surface area contributed by atoms with E-state index in [1.165, 1.54) is 4.90 Å². The fourth-order valence-corrected chi connectivity index (χ4v) is 3.48. The van der Waals surface area contributed by atoms with Crippen LogP contribution in [-0.4, -0.2) is 44.0 Å². The van der Waals surface area contributed by atoms with E-state index in [4.69, 9.17) is 9.16 Å². The van der Waals surface area contributed by atoms with E-state index in [0.717, 1.165) is 0 Å². The van der Waals surface area contributed by atoms with Crippen molar-refractivity contribution in [2.75, 3.05) is 6.61 Å². The van der Waals surface area contributed by atoms with Crippen molar-refractivity contribution in [1.82, 2.24) is 4.90 Å². The second-order valence-corrected chi connectivity index (χ2v) is 12.7. The van der Waals surface area contributed by atoms with E-state index in [2.05, 4.69) is 40.4 Å². The lowest BCUT2D eigenvalue weighted by atomic mass is 10.0. The summed E-state index contributed by atoms with van der Waals surface area (Å²) in [6, 6.07) is -0.231. The molecule has 0 radical (unpaired) electrons. The molecule has 6 heteroatoms. The molecule has 1 fully saturated rings. The Morgan fingerprint density at radius 1 is 1.48 bits per heavy atom. The topological polar surface area (TPSA) is 55.8 Å². The molecule has 1 rings (SSSR count). The van der Waals surface area contributed by atoms with Crippen molar-refractivity contribution >= 4 is 20.3 Å². The number of rotatable bonds is 6. The van der Waals surface area contributed by atoms with Crippen LogP contribution in [0, 0.1) is 5.92 Å². The second-order valence-electron chi connectivity index (χ2n) is 7.99. The summed E-state index contributed by atoms with van der Waals surface area (Å²) in [7, 11) is -2.14. The third-order valence-corrected chi connectivity index (χ3v) is 9.30. The van der Waals surface area contributed by atoms with Gasteiger partial charge in [0, 0.05) is 0 Å². The third kappa shape index (κ3) is 4.44. The molecule has 0 saturated carbocycles. The van der Waals surface area contributed by atoms with Gasteiger partial charge in [0.1, 0.15) is 12.7 Å². The summed E-state index contributed by atoms with van der Waals surface area (Å²) in [5.41, 5.74) is 0. The van der Waals surface area contributed by atoms with Crippen molar-refractivity contribution in [3.63, 3.8) is 0 Å². The number of cyclic esters (lactones) is 1. The number of hydrogen-bond donors (Lipinski definition) is 0. The smallest absolute Gasteiger partial charge is 0.417 e. The van der Waals surface area contributed by atoms with Gasteiger partial charge in [-0.2, -0.15) is 0 Å². The molecule has 0 unspecified atom stereocenters. The maximum absolute atomic E-state index is 12.9. The van der Waals surface area contributed by atoms with E-state index in [9.17, 15) is 9.59 Å². The number of ether oxygens (including phenoxy) is 1. The van der Waals surface area contributed by atoms with Gasteiger partial charge in [0.05, 0.1) is 6.04 Å². The Morgan fingerprint density at radius 3 is 2.48 bits per heavy atom. The highest BCUT2D eigenvalue weighted by atomic mass is 28.4. The predicted octanol–water partition coefficient (Wildman–Crippen LogP) is 3.96. The van der Waals surface area contributed by atoms with Gasteiger partial charge in [-0.1, -0.05) is 40.7 Å². The average molecular weight is 342 g/mol. The van der Waals surface area contributed by atoms with Crippen LogP contribution in [0.25, 0.3) is 0 Å². The molecule has 0 N–H and O–H groups in total. The van der Waals surface area contributed by atoms with Crippen LogP contribution in [-0.2, 0) is 14.0 Å². The van der Waals surface area contributed by atoms with Gasteiger partial charge >= 0.3 is 6.09 Å². The summed E-state index contributed by atoms with van der Waals surface area (Å²) in [5, 5.41) is -0.0182. The van der Waals surface area contributed by atoms with Crippen LogP contribution in [0.1, 0.15) is 41.0 Å². The summed E-state index contributed by atoms with van der Waals surface area (Å²) in [6.07, 6.45) is 0.809. The Kier molecular flexibility index (Phi) is 6.21. The lowest BCUT2D eigenvalue weighted by molar-refractivity contribution is -0.137. The van der Waals surface area contributed by atoms with Crippen LogP contribution in [0.2, 0.25) is 18.1 Å². The van der Waals surface area contributed by atoms with Crippen LogP contribution in [0.3, 0.4) is 0 Å². The Balaban J connectivity index is 3.03. The third-order valence-electron chi connectivity index (χ3n) is 4.81. The lowest BCUT2D eigenvalue weighted by Crippen LogP contribution is -2.52. The maximum atomic E-state index is 12.9. The van der Waals surface area contributed by atoms with Gasteiger partial charge in [-0.3, -0.25) is 4.79 Å². The van der Waals surface area contributed by atoms with E-state index in [1.807, 2.05) is 13.8 Å². The zero-order chi connectivity index (χ0) is 18.0. The number of carbonyl (C=O) groups is 2. The summed E-state index contributed by atoms with van der Waals surface area (Å²) < 4.78 is 11.3. The van der Waals surface area contributed by atoms with Crippen molar-refractivity contribution in [1.29, 1.82) is 0 Å². The van der Waals surface area contributed by atoms with E-state index in [-0.39, 0.29) is 29.5 Å². The van der Waals surface area contributed by atoms with Crippen molar-refractivity contribution < 1.29 is 18.8 Å². The summed E-state index contributed by atoms with van der Waals surface area (Å²) >= 11 is 0. The molecule has 0 bridgehead atoms. The molecular weight excluding hydrogens is 310 g/mol. The molecule has 132 valence electrons. The molecule has 0 aromatic carbocycles. The molecule has 2 atom stereocenters. The minimum atomic E-state index is -2.14. The van der Waals surface area contributed by atoms with E-state index >= 15 is 0 Å². The normalized spacial score (nSPS) is 20.6. The second kappa shape index (κ2) is 7.17. The van der Waals surface area contributed by atoms with Gasteiger partial charge in [0.2, 0.25) is 0 Å². The van der Waals surface area contributed by atoms with Gasteiger partial charge in [-0.05, 0) is 30.5 Å². The summed E-state index contributed by atoms with van der Waals surface area (Å²) in [6.45, 7) is 18.5. The van der Waals surface area contributed by atoms with Crippen molar-refractivity contribution in [3.8, 4) is 0 Å². The molecule has 1 aliphatic rings. The molecule has 0 aromatic rings. The van der Waals surface area contributed by atoms with E-state index < -0.39 is 20.5 Å². The highest BCUT2D eigenvalue weighted by molar-refractivity contribution is 6.74. The van der Waals surface area contributed by atoms with Crippen LogP contribution >= 0.6 is 0 Å². The highest BCUT2D eigenvalue weighted by Gasteiger charge is 2.45. The minimum absolute atomic E-state index is 0.0182. The molecule has 1 heterocycles. The first-order valence-electron chi connectivity index (χ1n) is 8.21. The first kappa shape index (κ1) is 19.9. The standard InChI is InChI=1S/C17H31NO4Si/c1-9-10-14(22-23(7,8)17(4,5)6)15(19)18-13(12(2)3)11-21-16(18)20/h9,12-14H,1,10-11H2,2-8H3/t13-,14-/m1/s1. The van der Waals surface area contributed by atoms with Crippen molar-refractivity contribution in [3.05, 3.63) is 12.7 Å². The average Bonchev–Trinajstić information content (AvgIpc) is 2.78. The number of hydrogen-bond acceptors (Lipinski definition) is 4. The molecule has 0 spiro atoms. The monoisotopic (exact) mass is 341 g/mol. The highest BCUT2D eigenvalue weighted by Crippen LogP contribution is 2.38. The molecular formula is C17H31NO4Si. The number of nitrogens with zero attached hydrogens (tertiary/aromatic N) is 1. The van der Waals surface area contributed by atoms with E-state index in [1.54, 1.807) is 6.08 Å². The Labute approximate surface area is 141 Å². The molecule has 0 aliphatic carbocycles. The minimum Gasteiger partial charge on any atom is -0.447 e. The quantitative estimate of drug-likeness (QED) is 0.542. The zero-order valence-electron chi connectivity index (χ0n) is 15.5. The fraction of sp³-hybridized carbons (Fsp3) is 0.765. The fourth-order valence-electron chi connectivity index (χ4n) is 2.22. The predicted molar refractivity (Wildman–Crippen MR) is 93.7 cm³/mol. The van der Waals surface area contributed by atoms with Gasteiger partial charge in [-0.25, -0.2) is 9.69 Å². The van der Waals surface area contributed by atoms with Gasteiger partial charge in [0.15, 0.2) is 8.32 Å². The zero-order valence-corrected chi connectivity index (χ0v) is 16.5. The Bertz CT molecular complexity index is 468. The van der Waals surface area contributed by atoms with Crippen molar-refractivity contribution in [2.45, 2.75) is 71.3 Å². The number of imide groups is 1. The lowest BCUT2D eigenvalue weighted by Gasteiger charge is -2.39. The first-order chi connectivity index (χ1) is 10.4. The molecule has 0 aromatic heterocycles. The molecule has 1 saturated heterocycles. The van der Waals surface area contributed by atoms with E-state index in [0.29, 0.717) is 6.42 Å². The molecule has 5 nitrogen and oxygen atoms in total. The SMILES string of the molecule is C=CC[C@@H](O[Si](C)(C)C(C)(C)C)C(=O)N1C(=O)OC[C@@H]1C(C)C. The Hall–Kier alpha value is -1.14. The molecule has 23 heavy (non-hydrogen) atoms. The molecule has 1 aliphatic heterocycles. The summed E-state index contributed by atoms with van der Waals surface area (Å²) in [5.74, 6) is -0.168. The van der Waals surface area contributed by atoms with Crippen LogP contribution in [0.5, 0.6) is 0 Å². The largest absolute Gasteiger partial charge is 0.447 e. The van der Waals surface area contributed by atoms with Gasteiger partial charge in [0.25, 0.3) is 5.91 Å². The van der Waals surface area contributed by atoms with Crippen LogP contribution in [0.15, 0.2) is 12.7 Å². The van der Waals surface area contributed by atoms with Crippen LogP contribution in [0.4, 0.5) is 4.79 Å². The van der Waals surface area contributed by atoms with Gasteiger partial charge in [-0.15, -0.1) is 6.58 Å². The number of amides is 2. The first-order valence-corrected chi connectivity index (χ1v) is 11.1.